The quantitative estimate of drug-likeness (QED) is 0.274. The second-order valence-corrected chi connectivity index (χ2v) is 14.6. The van der Waals surface area contributed by atoms with Gasteiger partial charge >= 0.3 is 12.1 Å². The molecule has 0 saturated carbocycles. The number of para-hydroxylation sites is 1. The lowest BCUT2D eigenvalue weighted by atomic mass is 9.58. The van der Waals surface area contributed by atoms with Gasteiger partial charge in [0.15, 0.2) is 11.5 Å². The maximum Gasteiger partial charge on any atom is 0.421 e. The predicted molar refractivity (Wildman–Crippen MR) is 182 cm³/mol. The summed E-state index contributed by atoms with van der Waals surface area (Å²) < 4.78 is 23.5. The topological polar surface area (TPSA) is 94.6 Å². The van der Waals surface area contributed by atoms with Gasteiger partial charge in [-0.3, -0.25) is 9.59 Å². The van der Waals surface area contributed by atoms with Gasteiger partial charge in [0.1, 0.15) is 22.5 Å². The lowest BCUT2D eigenvalue weighted by Crippen LogP contribution is -2.61. The summed E-state index contributed by atoms with van der Waals surface area (Å²) in [5.74, 6) is -1.08. The lowest BCUT2D eigenvalue weighted by Gasteiger charge is -2.53. The zero-order valence-corrected chi connectivity index (χ0v) is 29.0. The first-order valence-corrected chi connectivity index (χ1v) is 16.3. The zero-order valence-electron chi connectivity index (χ0n) is 29.0. The third-order valence-corrected chi connectivity index (χ3v) is 9.12. The van der Waals surface area contributed by atoms with E-state index in [4.69, 9.17) is 18.9 Å². The Morgan fingerprint density at radius 3 is 2.12 bits per heavy atom. The van der Waals surface area contributed by atoms with Crippen molar-refractivity contribution in [3.05, 3.63) is 101 Å². The Balaban J connectivity index is 1.69. The fraction of sp³-hybridized carbons (Fsp3) is 0.410. The second-order valence-electron chi connectivity index (χ2n) is 14.6. The Morgan fingerprint density at radius 2 is 1.48 bits per heavy atom. The van der Waals surface area contributed by atoms with Crippen molar-refractivity contribution in [3.63, 3.8) is 0 Å². The molecule has 0 aliphatic carbocycles. The van der Waals surface area contributed by atoms with E-state index in [0.717, 1.165) is 27.2 Å². The molecular formula is C39H44N2O7. The Hall–Kier alpha value is -4.79. The summed E-state index contributed by atoms with van der Waals surface area (Å²) in [7, 11) is 3.16. The highest BCUT2D eigenvalue weighted by Gasteiger charge is 2.68. The summed E-state index contributed by atoms with van der Waals surface area (Å²) in [5.41, 5.74) is 1.12. The molecule has 0 unspecified atom stereocenters. The van der Waals surface area contributed by atoms with Crippen LogP contribution in [0.25, 0.3) is 0 Å². The SMILES string of the molecule is COc1cc2c(cc1OC)[C@H]1N(C=C(Cc3ccccc3)[C@@H](C(=O)OC(C)(C)C)[C@@]13C(=O)N(C(=O)OC(C)(C)C)c1ccccc13)CC2. The smallest absolute Gasteiger partial charge is 0.421 e. The first kappa shape index (κ1) is 33.1. The molecule has 3 heterocycles. The van der Waals surface area contributed by atoms with Crippen LogP contribution in [0.4, 0.5) is 10.5 Å². The summed E-state index contributed by atoms with van der Waals surface area (Å²) in [6.07, 6.45) is 2.30. The van der Waals surface area contributed by atoms with E-state index in [2.05, 4.69) is 4.90 Å². The molecule has 0 fully saturated rings. The number of nitrogens with zero attached hydrogens (tertiary/aromatic N) is 2. The van der Waals surface area contributed by atoms with Crippen LogP contribution in [0.3, 0.4) is 0 Å². The molecule has 3 aromatic rings. The highest BCUT2D eigenvalue weighted by atomic mass is 16.6. The van der Waals surface area contributed by atoms with Gasteiger partial charge in [-0.15, -0.1) is 0 Å². The third-order valence-electron chi connectivity index (χ3n) is 9.12. The van der Waals surface area contributed by atoms with E-state index >= 15 is 4.79 Å². The molecule has 3 aromatic carbocycles. The van der Waals surface area contributed by atoms with Crippen LogP contribution in [0.15, 0.2) is 78.5 Å². The fourth-order valence-electron chi connectivity index (χ4n) is 7.49. The summed E-state index contributed by atoms with van der Waals surface area (Å²) in [6.45, 7) is 11.3. The van der Waals surface area contributed by atoms with Crippen molar-refractivity contribution >= 4 is 23.7 Å². The third kappa shape index (κ3) is 5.59. The number of esters is 1. The molecule has 3 aliphatic heterocycles. The molecule has 0 radical (unpaired) electrons. The molecule has 3 atom stereocenters. The number of fused-ring (bicyclic) bond motifs is 6. The molecule has 0 aromatic heterocycles. The standard InChI is InChI=1S/C39H44N2O7/c1-37(2,3)47-34(42)32-26(20-24-14-10-9-11-15-24)23-40-19-18-25-21-30(45-7)31(46-8)22-27(25)33(40)39(32)28-16-12-13-17-29(28)41(35(39)43)36(44)48-38(4,5)6/h9-17,21-23,32-33H,18-20H2,1-8H3/t32-,33+,39+/m0/s1. The van der Waals surface area contributed by atoms with Crippen LogP contribution in [-0.2, 0) is 37.3 Å². The average Bonchev–Trinajstić information content (AvgIpc) is 3.26. The number of methoxy groups -OCH3 is 2. The monoisotopic (exact) mass is 652 g/mol. The van der Waals surface area contributed by atoms with Gasteiger partial charge in [-0.1, -0.05) is 48.5 Å². The van der Waals surface area contributed by atoms with Crippen LogP contribution < -0.4 is 14.4 Å². The number of ether oxygens (including phenoxy) is 4. The number of imide groups is 1. The van der Waals surface area contributed by atoms with Gasteiger partial charge in [0.25, 0.3) is 5.91 Å². The summed E-state index contributed by atoms with van der Waals surface area (Å²) in [5, 5.41) is 0. The lowest BCUT2D eigenvalue weighted by molar-refractivity contribution is -0.165. The van der Waals surface area contributed by atoms with Gasteiger partial charge in [0, 0.05) is 12.7 Å². The van der Waals surface area contributed by atoms with Gasteiger partial charge in [0.2, 0.25) is 0 Å². The molecular weight excluding hydrogens is 608 g/mol. The average molecular weight is 653 g/mol. The van der Waals surface area contributed by atoms with E-state index in [9.17, 15) is 9.59 Å². The molecule has 6 rings (SSSR count). The highest BCUT2D eigenvalue weighted by molar-refractivity contribution is 6.23. The number of carbonyl (C=O) groups excluding carboxylic acids is 3. The van der Waals surface area contributed by atoms with Crippen molar-refractivity contribution in [1.82, 2.24) is 4.90 Å². The predicted octanol–water partition coefficient (Wildman–Crippen LogP) is 6.92. The van der Waals surface area contributed by atoms with E-state index in [1.807, 2.05) is 81.6 Å². The number of amides is 2. The van der Waals surface area contributed by atoms with E-state index in [1.54, 1.807) is 47.1 Å². The van der Waals surface area contributed by atoms with Crippen molar-refractivity contribution in [2.24, 2.45) is 5.92 Å². The largest absolute Gasteiger partial charge is 0.493 e. The van der Waals surface area contributed by atoms with Gasteiger partial charge in [0.05, 0.1) is 25.9 Å². The minimum Gasteiger partial charge on any atom is -0.493 e. The van der Waals surface area contributed by atoms with Crippen LogP contribution in [0.1, 0.15) is 69.8 Å². The van der Waals surface area contributed by atoms with Crippen LogP contribution in [0, 0.1) is 5.92 Å². The Bertz CT molecular complexity index is 1790. The molecule has 48 heavy (non-hydrogen) atoms. The molecule has 0 N–H and O–H groups in total. The summed E-state index contributed by atoms with van der Waals surface area (Å²) in [6, 6.07) is 20.3. The van der Waals surface area contributed by atoms with Crippen LogP contribution in [0.2, 0.25) is 0 Å². The van der Waals surface area contributed by atoms with Crippen molar-refractivity contribution in [1.29, 1.82) is 0 Å². The van der Waals surface area contributed by atoms with Crippen molar-refractivity contribution < 1.29 is 33.3 Å². The Morgan fingerprint density at radius 1 is 0.854 bits per heavy atom. The number of benzene rings is 3. The van der Waals surface area contributed by atoms with E-state index < -0.39 is 46.5 Å². The molecule has 9 nitrogen and oxygen atoms in total. The second kappa shape index (κ2) is 12.0. The molecule has 9 heteroatoms. The minimum atomic E-state index is -1.61. The minimum absolute atomic E-state index is 0.388. The van der Waals surface area contributed by atoms with Gasteiger partial charge in [-0.05, 0) is 100 Å². The summed E-state index contributed by atoms with van der Waals surface area (Å²) in [4.78, 5) is 47.7. The zero-order chi connectivity index (χ0) is 34.6. The molecule has 0 bridgehead atoms. The Kier molecular flexibility index (Phi) is 8.30. The van der Waals surface area contributed by atoms with Crippen LogP contribution in [0.5, 0.6) is 11.5 Å². The molecule has 2 amide bonds. The maximum absolute atomic E-state index is 15.6. The number of hydrogen-bond acceptors (Lipinski definition) is 8. The first-order valence-electron chi connectivity index (χ1n) is 16.3. The van der Waals surface area contributed by atoms with Gasteiger partial charge < -0.3 is 23.8 Å². The van der Waals surface area contributed by atoms with Crippen LogP contribution in [-0.4, -0.2) is 54.8 Å². The van der Waals surface area contributed by atoms with Gasteiger partial charge in [-0.2, -0.15) is 0 Å². The normalized spacial score (nSPS) is 21.6. The highest BCUT2D eigenvalue weighted by Crippen LogP contribution is 2.61. The van der Waals surface area contributed by atoms with E-state index in [-0.39, 0.29) is 0 Å². The number of anilines is 1. The van der Waals surface area contributed by atoms with Crippen molar-refractivity contribution in [3.8, 4) is 11.5 Å². The maximum atomic E-state index is 15.6. The molecule has 1 spiro atoms. The number of carbonyl (C=O) groups is 3. The van der Waals surface area contributed by atoms with Crippen LogP contribution >= 0.6 is 0 Å². The van der Waals surface area contributed by atoms with E-state index in [0.29, 0.717) is 42.1 Å². The van der Waals surface area contributed by atoms with Crippen molar-refractivity contribution in [2.75, 3.05) is 25.7 Å². The fourth-order valence-corrected chi connectivity index (χ4v) is 7.49. The molecule has 0 saturated heterocycles. The number of rotatable bonds is 5. The van der Waals surface area contributed by atoms with Crippen molar-refractivity contribution in [2.45, 2.75) is 77.0 Å². The number of hydrogen-bond donors (Lipinski definition) is 0. The Labute approximate surface area is 282 Å². The first-order chi connectivity index (χ1) is 22.7. The molecule has 252 valence electrons. The summed E-state index contributed by atoms with van der Waals surface area (Å²) >= 11 is 0. The van der Waals surface area contributed by atoms with Gasteiger partial charge in [-0.25, -0.2) is 9.69 Å². The van der Waals surface area contributed by atoms with E-state index in [1.165, 1.54) is 0 Å². The molecule has 3 aliphatic rings.